The van der Waals surface area contributed by atoms with E-state index in [9.17, 15) is 0 Å². The number of anilines is 2. The molecule has 0 aliphatic heterocycles. The van der Waals surface area contributed by atoms with E-state index in [0.717, 1.165) is 11.1 Å². The molecule has 2 aromatic carbocycles. The van der Waals surface area contributed by atoms with E-state index >= 15 is 0 Å². The van der Waals surface area contributed by atoms with Gasteiger partial charge < -0.3 is 9.80 Å². The van der Waals surface area contributed by atoms with Crippen molar-refractivity contribution in [3.05, 3.63) is 71.8 Å². The Morgan fingerprint density at radius 3 is 1.23 bits per heavy atom. The van der Waals surface area contributed by atoms with Crippen LogP contribution in [0.5, 0.6) is 0 Å². The normalized spacial score (nSPS) is 12.0. The van der Waals surface area contributed by atoms with Gasteiger partial charge in [-0.2, -0.15) is 10.2 Å². The number of rotatable bonds is 7. The van der Waals surface area contributed by atoms with Gasteiger partial charge in [0.05, 0.1) is 0 Å². The quantitative estimate of drug-likeness (QED) is 0.542. The highest BCUT2D eigenvalue weighted by Gasteiger charge is 1.93. The van der Waals surface area contributed by atoms with Crippen molar-refractivity contribution >= 4 is 36.0 Å². The Morgan fingerprint density at radius 2 is 0.923 bits per heavy atom. The van der Waals surface area contributed by atoms with E-state index in [0.29, 0.717) is 0 Å². The van der Waals surface area contributed by atoms with E-state index in [-0.39, 0.29) is 0 Å². The van der Waals surface area contributed by atoms with Gasteiger partial charge in [0.15, 0.2) is 0 Å². The van der Waals surface area contributed by atoms with E-state index in [1.54, 1.807) is 12.4 Å². The summed E-state index contributed by atoms with van der Waals surface area (Å²) in [5.41, 5.74) is 4.63. The van der Waals surface area contributed by atoms with Gasteiger partial charge in [-0.05, 0) is 47.5 Å². The van der Waals surface area contributed by atoms with Gasteiger partial charge in [0, 0.05) is 52.0 Å². The van der Waals surface area contributed by atoms with Crippen LogP contribution < -0.4 is 9.80 Å². The van der Waals surface area contributed by atoms with Crippen molar-refractivity contribution in [2.45, 2.75) is 0 Å². The molecule has 4 nitrogen and oxygen atoms in total. The molecular weight excluding hydrogens is 320 g/mol. The lowest BCUT2D eigenvalue weighted by Gasteiger charge is -2.11. The second-order valence-corrected chi connectivity index (χ2v) is 6.22. The Labute approximate surface area is 156 Å². The van der Waals surface area contributed by atoms with Crippen molar-refractivity contribution in [3.63, 3.8) is 0 Å². The highest BCUT2D eigenvalue weighted by Crippen LogP contribution is 2.13. The molecule has 0 N–H and O–H groups in total. The molecule has 0 saturated heterocycles. The maximum absolute atomic E-state index is 3.99. The third-order valence-corrected chi connectivity index (χ3v) is 3.77. The van der Waals surface area contributed by atoms with Gasteiger partial charge in [-0.25, -0.2) is 0 Å². The number of benzene rings is 2. The van der Waals surface area contributed by atoms with Crippen LogP contribution in [0.15, 0.2) is 70.9 Å². The Hall–Kier alpha value is -3.14. The predicted molar refractivity (Wildman–Crippen MR) is 117 cm³/mol. The van der Waals surface area contributed by atoms with Crippen LogP contribution >= 0.6 is 0 Å². The lowest BCUT2D eigenvalue weighted by molar-refractivity contribution is 1.13. The second-order valence-electron chi connectivity index (χ2n) is 6.22. The molecule has 2 aromatic rings. The molecule has 0 fully saturated rings. The van der Waals surface area contributed by atoms with E-state index in [1.807, 2.05) is 52.5 Å². The van der Waals surface area contributed by atoms with Gasteiger partial charge >= 0.3 is 0 Å². The SMILES string of the molecule is CN(C)c1ccc(C=CC=NN=CC=Cc2ccc(N(C)C)cc2)cc1. The van der Waals surface area contributed by atoms with Crippen molar-refractivity contribution in [3.8, 4) is 0 Å². The molecule has 4 heteroatoms. The van der Waals surface area contributed by atoms with Crippen LogP contribution in [0.3, 0.4) is 0 Å². The standard InChI is InChI=1S/C22H26N4/c1-25(2)21-13-9-19(10-14-21)7-5-17-23-24-18-6-8-20-11-15-22(16-12-20)26(3)4/h5-18H,1-4H3. The van der Waals surface area contributed by atoms with Gasteiger partial charge in [-0.3, -0.25) is 0 Å². The molecule has 0 aromatic heterocycles. The third-order valence-electron chi connectivity index (χ3n) is 3.77. The molecule has 0 aliphatic carbocycles. The molecule has 0 saturated carbocycles. The fourth-order valence-electron chi connectivity index (χ4n) is 2.23. The third kappa shape index (κ3) is 6.40. The van der Waals surface area contributed by atoms with Gasteiger partial charge in [0.25, 0.3) is 0 Å². The highest BCUT2D eigenvalue weighted by atomic mass is 15.2. The Balaban J connectivity index is 1.80. The van der Waals surface area contributed by atoms with Crippen LogP contribution in [0.4, 0.5) is 11.4 Å². The van der Waals surface area contributed by atoms with Crippen LogP contribution in [0, 0.1) is 0 Å². The first-order chi connectivity index (χ1) is 12.6. The van der Waals surface area contributed by atoms with Crippen LogP contribution in [0.2, 0.25) is 0 Å². The molecule has 26 heavy (non-hydrogen) atoms. The maximum atomic E-state index is 3.99. The van der Waals surface area contributed by atoms with E-state index in [4.69, 9.17) is 0 Å². The monoisotopic (exact) mass is 346 g/mol. The van der Waals surface area contributed by atoms with Crippen molar-refractivity contribution in [1.82, 2.24) is 0 Å². The molecule has 2 rings (SSSR count). The average Bonchev–Trinajstić information content (AvgIpc) is 2.64. The summed E-state index contributed by atoms with van der Waals surface area (Å²) in [4.78, 5) is 4.15. The smallest absolute Gasteiger partial charge is 0.0495 e. The molecular formula is C22H26N4. The van der Waals surface area contributed by atoms with Crippen LogP contribution in [0.25, 0.3) is 12.2 Å². The molecule has 0 radical (unpaired) electrons. The maximum Gasteiger partial charge on any atom is 0.0495 e. The minimum absolute atomic E-state index is 1.13. The molecule has 0 unspecified atom stereocenters. The predicted octanol–water partition coefficient (Wildman–Crippen LogP) is 4.60. The largest absolute Gasteiger partial charge is 0.378 e. The first kappa shape index (κ1) is 19.2. The summed E-state index contributed by atoms with van der Waals surface area (Å²) in [5.74, 6) is 0. The summed E-state index contributed by atoms with van der Waals surface area (Å²) in [5, 5.41) is 7.98. The van der Waals surface area contributed by atoms with E-state index in [1.165, 1.54) is 11.4 Å². The van der Waals surface area contributed by atoms with Crippen molar-refractivity contribution in [2.24, 2.45) is 10.2 Å². The average molecular weight is 346 g/mol. The molecule has 0 aliphatic rings. The zero-order valence-corrected chi connectivity index (χ0v) is 15.9. The van der Waals surface area contributed by atoms with Gasteiger partial charge in [-0.15, -0.1) is 0 Å². The number of hydrogen-bond acceptors (Lipinski definition) is 4. The second kappa shape index (κ2) is 9.99. The molecule has 0 atom stereocenters. The lowest BCUT2D eigenvalue weighted by atomic mass is 10.2. The topological polar surface area (TPSA) is 31.2 Å². The summed E-state index contributed by atoms with van der Waals surface area (Å²) in [6.45, 7) is 0. The van der Waals surface area contributed by atoms with Crippen LogP contribution in [0.1, 0.15) is 11.1 Å². The molecule has 0 bridgehead atoms. The zero-order chi connectivity index (χ0) is 18.8. The van der Waals surface area contributed by atoms with E-state index < -0.39 is 0 Å². The van der Waals surface area contributed by atoms with Crippen molar-refractivity contribution < 1.29 is 0 Å². The van der Waals surface area contributed by atoms with Crippen molar-refractivity contribution in [1.29, 1.82) is 0 Å². The minimum atomic E-state index is 1.13. The summed E-state index contributed by atoms with van der Waals surface area (Å²) >= 11 is 0. The zero-order valence-electron chi connectivity index (χ0n) is 15.9. The Kier molecular flexibility index (Phi) is 7.37. The molecule has 134 valence electrons. The van der Waals surface area contributed by atoms with Crippen LogP contribution in [-0.2, 0) is 0 Å². The van der Waals surface area contributed by atoms with Crippen molar-refractivity contribution in [2.75, 3.05) is 38.0 Å². The Bertz CT molecular complexity index is 710. The number of allylic oxidation sites excluding steroid dienone is 2. The molecule has 0 heterocycles. The minimum Gasteiger partial charge on any atom is -0.378 e. The van der Waals surface area contributed by atoms with Gasteiger partial charge in [0.2, 0.25) is 0 Å². The number of nitrogens with zero attached hydrogens (tertiary/aromatic N) is 4. The number of hydrogen-bond donors (Lipinski definition) is 0. The van der Waals surface area contributed by atoms with E-state index in [2.05, 4.69) is 68.5 Å². The summed E-state index contributed by atoms with van der Waals surface area (Å²) in [7, 11) is 8.12. The molecule has 0 amide bonds. The lowest BCUT2D eigenvalue weighted by Crippen LogP contribution is -2.07. The Morgan fingerprint density at radius 1 is 0.577 bits per heavy atom. The summed E-state index contributed by atoms with van der Waals surface area (Å²) in [6, 6.07) is 16.7. The van der Waals surface area contributed by atoms with Gasteiger partial charge in [0.1, 0.15) is 0 Å². The first-order valence-corrected chi connectivity index (χ1v) is 8.51. The fraction of sp³-hybridized carbons (Fsp3) is 0.182. The highest BCUT2D eigenvalue weighted by molar-refractivity contribution is 5.81. The first-order valence-electron chi connectivity index (χ1n) is 8.51. The summed E-state index contributed by atoms with van der Waals surface area (Å²) in [6.07, 6.45) is 11.1. The van der Waals surface area contributed by atoms with Crippen LogP contribution in [-0.4, -0.2) is 40.6 Å². The van der Waals surface area contributed by atoms with Gasteiger partial charge in [-0.1, -0.05) is 36.4 Å². The molecule has 0 spiro atoms. The summed E-state index contributed by atoms with van der Waals surface area (Å²) < 4.78 is 0. The fourth-order valence-corrected chi connectivity index (χ4v) is 2.23.